The van der Waals surface area contributed by atoms with E-state index in [1.54, 1.807) is 0 Å². The van der Waals surface area contributed by atoms with Gasteiger partial charge in [-0.05, 0) is 81.6 Å². The lowest BCUT2D eigenvalue weighted by Gasteiger charge is -2.30. The summed E-state index contributed by atoms with van der Waals surface area (Å²) in [7, 11) is 0. The predicted octanol–water partition coefficient (Wildman–Crippen LogP) is 16.0. The van der Waals surface area contributed by atoms with Gasteiger partial charge in [0, 0.05) is 57.2 Å². The first kappa shape index (κ1) is 32.0. The fraction of sp³-hybridized carbons (Fsp3) is 0. The number of anilines is 3. The van der Waals surface area contributed by atoms with Gasteiger partial charge >= 0.3 is 0 Å². The van der Waals surface area contributed by atoms with Crippen molar-refractivity contribution >= 4 is 90.9 Å². The normalized spacial score (nSPS) is 11.6. The Kier molecular flexibility index (Phi) is 7.61. The molecule has 0 aliphatic heterocycles. The second-order valence-corrected chi connectivity index (χ2v) is 16.2. The Bertz CT molecular complexity index is 3220. The molecule has 2 heterocycles. The van der Waals surface area contributed by atoms with Crippen molar-refractivity contribution in [2.24, 2.45) is 0 Å². The Morgan fingerprint density at radius 1 is 0.291 bits per heavy atom. The average Bonchev–Trinajstić information content (AvgIpc) is 3.82. The van der Waals surface area contributed by atoms with Crippen LogP contribution in [0, 0.1) is 0 Å². The number of thiophene rings is 2. The maximum Gasteiger partial charge on any atom is 0.0540 e. The highest BCUT2D eigenvalue weighted by Gasteiger charge is 2.22. The molecule has 0 radical (unpaired) electrons. The lowest BCUT2D eigenvalue weighted by molar-refractivity contribution is 1.28. The lowest BCUT2D eigenvalue weighted by atomic mass is 9.95. The third-order valence-corrected chi connectivity index (χ3v) is 13.2. The molecule has 0 saturated carbocycles. The van der Waals surface area contributed by atoms with Crippen LogP contribution in [0.3, 0.4) is 0 Å². The van der Waals surface area contributed by atoms with E-state index < -0.39 is 0 Å². The number of rotatable bonds is 6. The van der Waals surface area contributed by atoms with Gasteiger partial charge in [-0.3, -0.25) is 0 Å². The summed E-state index contributed by atoms with van der Waals surface area (Å²) in [5.41, 5.74) is 10.6. The van der Waals surface area contributed by atoms with Gasteiger partial charge in [0.25, 0.3) is 0 Å². The quantitative estimate of drug-likeness (QED) is 0.164. The van der Waals surface area contributed by atoms with Crippen molar-refractivity contribution in [2.75, 3.05) is 4.90 Å². The summed E-state index contributed by atoms with van der Waals surface area (Å²) in [5.74, 6) is 0. The van der Waals surface area contributed by atoms with E-state index in [1.165, 1.54) is 84.5 Å². The maximum atomic E-state index is 2.46. The van der Waals surface area contributed by atoms with Gasteiger partial charge in [0.05, 0.1) is 11.4 Å². The van der Waals surface area contributed by atoms with E-state index in [4.69, 9.17) is 0 Å². The summed E-state index contributed by atoms with van der Waals surface area (Å²) in [4.78, 5) is 2.46. The number of para-hydroxylation sites is 2. The molecule has 3 heteroatoms. The Morgan fingerprint density at radius 2 is 0.764 bits per heavy atom. The van der Waals surface area contributed by atoms with Crippen molar-refractivity contribution in [1.29, 1.82) is 0 Å². The zero-order valence-electron chi connectivity index (χ0n) is 29.8. The molecule has 0 unspecified atom stereocenters. The van der Waals surface area contributed by atoms with Crippen molar-refractivity contribution in [2.45, 2.75) is 0 Å². The molecule has 258 valence electrons. The standard InChI is InChI=1S/C52H33NS2/c1-2-14-39-35(12-1)13-11-19-41(39)42-16-4-8-21-48(42)53(38-28-24-34(25-29-38)36-26-30-45-43-17-5-9-22-49(43)54-51(45)32-36)47-20-7-3-15-40(47)37-27-31-46-44-18-6-10-23-50(44)55-52(46)33-37/h1-33H. The summed E-state index contributed by atoms with van der Waals surface area (Å²) in [6.07, 6.45) is 0. The van der Waals surface area contributed by atoms with Gasteiger partial charge in [0.15, 0.2) is 0 Å². The largest absolute Gasteiger partial charge is 0.309 e. The van der Waals surface area contributed by atoms with Crippen LogP contribution in [0.5, 0.6) is 0 Å². The highest BCUT2D eigenvalue weighted by molar-refractivity contribution is 7.26. The van der Waals surface area contributed by atoms with Crippen LogP contribution in [-0.4, -0.2) is 0 Å². The fourth-order valence-electron chi connectivity index (χ4n) is 8.28. The zero-order chi connectivity index (χ0) is 36.3. The molecule has 0 bridgehead atoms. The molecule has 2 aromatic heterocycles. The number of benzene rings is 9. The van der Waals surface area contributed by atoms with Crippen LogP contribution in [-0.2, 0) is 0 Å². The van der Waals surface area contributed by atoms with E-state index in [0.29, 0.717) is 0 Å². The molecular weight excluding hydrogens is 703 g/mol. The molecule has 1 nitrogen and oxygen atoms in total. The minimum absolute atomic E-state index is 1.11. The van der Waals surface area contributed by atoms with Gasteiger partial charge < -0.3 is 4.90 Å². The lowest BCUT2D eigenvalue weighted by Crippen LogP contribution is -2.12. The van der Waals surface area contributed by atoms with Gasteiger partial charge in [0.1, 0.15) is 0 Å². The third kappa shape index (κ3) is 5.43. The molecule has 9 aromatic carbocycles. The molecule has 11 rings (SSSR count). The molecule has 0 fully saturated rings. The second-order valence-electron chi connectivity index (χ2n) is 14.1. The first-order chi connectivity index (χ1) is 27.3. The maximum absolute atomic E-state index is 2.46. The van der Waals surface area contributed by atoms with E-state index in [2.05, 4.69) is 205 Å². The van der Waals surface area contributed by atoms with Crippen molar-refractivity contribution in [3.8, 4) is 33.4 Å². The second kappa shape index (κ2) is 13.1. The van der Waals surface area contributed by atoms with Crippen LogP contribution < -0.4 is 4.90 Å². The van der Waals surface area contributed by atoms with Crippen LogP contribution in [0.2, 0.25) is 0 Å². The van der Waals surface area contributed by atoms with Crippen molar-refractivity contribution in [3.05, 3.63) is 200 Å². The minimum atomic E-state index is 1.11. The first-order valence-corrected chi connectivity index (χ1v) is 20.3. The summed E-state index contributed by atoms with van der Waals surface area (Å²) >= 11 is 3.73. The monoisotopic (exact) mass is 735 g/mol. The summed E-state index contributed by atoms with van der Waals surface area (Å²) < 4.78 is 5.27. The van der Waals surface area contributed by atoms with Gasteiger partial charge in [-0.15, -0.1) is 22.7 Å². The van der Waals surface area contributed by atoms with E-state index in [0.717, 1.165) is 17.1 Å². The average molecular weight is 736 g/mol. The molecule has 0 saturated heterocycles. The van der Waals surface area contributed by atoms with Crippen molar-refractivity contribution in [1.82, 2.24) is 0 Å². The molecule has 0 N–H and O–H groups in total. The molecule has 0 aliphatic rings. The minimum Gasteiger partial charge on any atom is -0.309 e. The SMILES string of the molecule is c1ccc(N(c2ccc(-c3ccc4c(c3)sc3ccccc34)cc2)c2ccccc2-c2cccc3ccccc23)c(-c2ccc3c(c2)sc2ccccc23)c1. The molecule has 0 amide bonds. The van der Waals surface area contributed by atoms with Gasteiger partial charge in [0.2, 0.25) is 0 Å². The topological polar surface area (TPSA) is 3.24 Å². The van der Waals surface area contributed by atoms with Gasteiger partial charge in [-0.2, -0.15) is 0 Å². The summed E-state index contributed by atoms with van der Waals surface area (Å²) in [5, 5.41) is 7.76. The van der Waals surface area contributed by atoms with Crippen LogP contribution >= 0.6 is 22.7 Å². The Hall–Kier alpha value is -6.52. The first-order valence-electron chi connectivity index (χ1n) is 18.7. The van der Waals surface area contributed by atoms with Crippen LogP contribution in [0.4, 0.5) is 17.1 Å². The summed E-state index contributed by atoms with van der Waals surface area (Å²) in [6.45, 7) is 0. The van der Waals surface area contributed by atoms with Crippen LogP contribution in [0.25, 0.3) is 84.5 Å². The molecule has 0 spiro atoms. The van der Waals surface area contributed by atoms with Gasteiger partial charge in [-0.1, -0.05) is 152 Å². The van der Waals surface area contributed by atoms with Crippen molar-refractivity contribution < 1.29 is 0 Å². The van der Waals surface area contributed by atoms with Crippen molar-refractivity contribution in [3.63, 3.8) is 0 Å². The predicted molar refractivity (Wildman–Crippen MR) is 241 cm³/mol. The molecule has 11 aromatic rings. The number of fused-ring (bicyclic) bond motifs is 7. The molecule has 0 atom stereocenters. The molecule has 55 heavy (non-hydrogen) atoms. The Balaban J connectivity index is 1.09. The number of nitrogens with zero attached hydrogens (tertiary/aromatic N) is 1. The number of hydrogen-bond donors (Lipinski definition) is 0. The zero-order valence-corrected chi connectivity index (χ0v) is 31.4. The van der Waals surface area contributed by atoms with Crippen LogP contribution in [0.1, 0.15) is 0 Å². The van der Waals surface area contributed by atoms with E-state index in [-0.39, 0.29) is 0 Å². The smallest absolute Gasteiger partial charge is 0.0540 e. The van der Waals surface area contributed by atoms with E-state index >= 15 is 0 Å². The van der Waals surface area contributed by atoms with E-state index in [9.17, 15) is 0 Å². The fourth-order valence-corrected chi connectivity index (χ4v) is 10.6. The highest BCUT2D eigenvalue weighted by atomic mass is 32.1. The van der Waals surface area contributed by atoms with E-state index in [1.807, 2.05) is 22.7 Å². The van der Waals surface area contributed by atoms with Gasteiger partial charge in [-0.25, -0.2) is 0 Å². The third-order valence-electron chi connectivity index (χ3n) is 10.9. The Labute approximate surface area is 327 Å². The highest BCUT2D eigenvalue weighted by Crippen LogP contribution is 2.47. The molecule has 0 aliphatic carbocycles. The summed E-state index contributed by atoms with van der Waals surface area (Å²) in [6, 6.07) is 73.5. The Morgan fingerprint density at radius 3 is 1.47 bits per heavy atom. The number of hydrogen-bond acceptors (Lipinski definition) is 3. The molecular formula is C52H33NS2. The van der Waals surface area contributed by atoms with Crippen LogP contribution in [0.15, 0.2) is 200 Å².